The van der Waals surface area contributed by atoms with Gasteiger partial charge in [-0.05, 0) is 105 Å². The van der Waals surface area contributed by atoms with E-state index in [0.29, 0.717) is 17.8 Å². The van der Waals surface area contributed by atoms with Crippen molar-refractivity contribution in [2.75, 3.05) is 6.54 Å². The van der Waals surface area contributed by atoms with Crippen LogP contribution in [0, 0.1) is 37.0 Å². The number of rotatable bonds is 6. The molecule has 4 bridgehead atoms. The molecule has 6 rings (SSSR count). The minimum absolute atomic E-state index is 0.0640. The molecule has 154 valence electrons. The second-order valence-electron chi connectivity index (χ2n) is 9.94. The first-order valence-electron chi connectivity index (χ1n) is 11.0. The number of benzene rings is 1. The number of carbonyl (C=O) groups excluding carboxylic acids is 1. The first-order valence-corrected chi connectivity index (χ1v) is 11.0. The average Bonchev–Trinajstić information content (AvgIpc) is 3.12. The lowest BCUT2D eigenvalue weighted by molar-refractivity contribution is -0.0503. The van der Waals surface area contributed by atoms with E-state index in [4.69, 9.17) is 4.74 Å². The highest BCUT2D eigenvalue weighted by Crippen LogP contribution is 2.59. The van der Waals surface area contributed by atoms with Crippen LogP contribution < -0.4 is 10.1 Å². The highest BCUT2D eigenvalue weighted by Gasteiger charge is 2.50. The first-order chi connectivity index (χ1) is 14.0. The molecule has 4 aliphatic carbocycles. The van der Waals surface area contributed by atoms with Crippen LogP contribution in [0.5, 0.6) is 5.75 Å². The van der Waals surface area contributed by atoms with E-state index in [1.54, 1.807) is 10.7 Å². The molecule has 0 spiro atoms. The molecule has 5 heteroatoms. The Balaban J connectivity index is 1.17. The van der Waals surface area contributed by atoms with Crippen LogP contribution in [0.3, 0.4) is 0 Å². The lowest BCUT2D eigenvalue weighted by atomic mass is 9.49. The van der Waals surface area contributed by atoms with E-state index in [-0.39, 0.29) is 5.91 Å². The topological polar surface area (TPSA) is 56.1 Å². The molecule has 0 radical (unpaired) electrons. The Bertz CT molecular complexity index is 861. The second-order valence-corrected chi connectivity index (χ2v) is 9.94. The number of hydrogen-bond donors (Lipinski definition) is 1. The van der Waals surface area contributed by atoms with Crippen molar-refractivity contribution in [2.24, 2.45) is 23.2 Å². The predicted molar refractivity (Wildman–Crippen MR) is 112 cm³/mol. The normalized spacial score (nSPS) is 29.8. The maximum Gasteiger partial charge on any atom is 0.271 e. The summed E-state index contributed by atoms with van der Waals surface area (Å²) >= 11 is 0. The number of ether oxygens (including phenoxy) is 1. The zero-order valence-corrected chi connectivity index (χ0v) is 17.5. The van der Waals surface area contributed by atoms with Gasteiger partial charge in [-0.15, -0.1) is 0 Å². The largest absolute Gasteiger partial charge is 0.471 e. The fourth-order valence-electron chi connectivity index (χ4n) is 6.58. The maximum atomic E-state index is 12.7. The van der Waals surface area contributed by atoms with Crippen molar-refractivity contribution in [3.63, 3.8) is 0 Å². The van der Waals surface area contributed by atoms with Gasteiger partial charge in [-0.2, -0.15) is 5.10 Å². The van der Waals surface area contributed by atoms with Gasteiger partial charge in [0.25, 0.3) is 5.91 Å². The van der Waals surface area contributed by atoms with Crippen molar-refractivity contribution in [1.29, 1.82) is 0 Å². The molecule has 0 saturated heterocycles. The minimum atomic E-state index is -0.0640. The molecule has 0 unspecified atom stereocenters. The quantitative estimate of drug-likeness (QED) is 0.787. The van der Waals surface area contributed by atoms with Gasteiger partial charge >= 0.3 is 0 Å². The highest BCUT2D eigenvalue weighted by molar-refractivity contribution is 5.92. The molecule has 1 aromatic carbocycles. The van der Waals surface area contributed by atoms with Gasteiger partial charge in [0, 0.05) is 12.7 Å². The molecule has 1 heterocycles. The highest BCUT2D eigenvalue weighted by atomic mass is 16.5. The SMILES string of the molecule is Cc1cc(C)cc(OCn2ccc(C(=O)NCC34CC5CC(CC(C5)C3)C4)n2)c1. The van der Waals surface area contributed by atoms with Crippen LogP contribution in [0.15, 0.2) is 30.5 Å². The summed E-state index contributed by atoms with van der Waals surface area (Å²) in [6, 6.07) is 7.91. The minimum Gasteiger partial charge on any atom is -0.471 e. The number of carbonyl (C=O) groups is 1. The average molecular weight is 394 g/mol. The van der Waals surface area contributed by atoms with Crippen molar-refractivity contribution in [1.82, 2.24) is 15.1 Å². The van der Waals surface area contributed by atoms with Gasteiger partial charge in [0.05, 0.1) is 0 Å². The molecular weight excluding hydrogens is 362 g/mol. The maximum absolute atomic E-state index is 12.7. The van der Waals surface area contributed by atoms with Crippen LogP contribution in [0.25, 0.3) is 0 Å². The van der Waals surface area contributed by atoms with E-state index >= 15 is 0 Å². The third-order valence-corrected chi connectivity index (χ3v) is 7.22. The van der Waals surface area contributed by atoms with E-state index in [2.05, 4.69) is 30.3 Å². The molecule has 1 amide bonds. The Morgan fingerprint density at radius 2 is 1.72 bits per heavy atom. The summed E-state index contributed by atoms with van der Waals surface area (Å²) in [7, 11) is 0. The van der Waals surface area contributed by atoms with E-state index in [9.17, 15) is 4.79 Å². The molecule has 2 aromatic rings. The molecule has 4 fully saturated rings. The Hall–Kier alpha value is -2.30. The summed E-state index contributed by atoms with van der Waals surface area (Å²) in [5.41, 5.74) is 3.16. The molecule has 5 nitrogen and oxygen atoms in total. The summed E-state index contributed by atoms with van der Waals surface area (Å²) in [6.45, 7) is 5.21. The number of amides is 1. The van der Waals surface area contributed by atoms with Crippen molar-refractivity contribution in [3.05, 3.63) is 47.3 Å². The molecule has 29 heavy (non-hydrogen) atoms. The van der Waals surface area contributed by atoms with Gasteiger partial charge in [-0.1, -0.05) is 6.07 Å². The van der Waals surface area contributed by atoms with Crippen LogP contribution in [-0.2, 0) is 6.73 Å². The van der Waals surface area contributed by atoms with E-state index in [1.807, 2.05) is 18.3 Å². The number of aryl methyl sites for hydroxylation is 2. The summed E-state index contributed by atoms with van der Waals surface area (Å²) in [5, 5.41) is 7.62. The lowest BCUT2D eigenvalue weighted by Crippen LogP contribution is -2.51. The van der Waals surface area contributed by atoms with Gasteiger partial charge in [0.15, 0.2) is 6.73 Å². The molecule has 1 aromatic heterocycles. The number of aromatic nitrogens is 2. The van der Waals surface area contributed by atoms with Crippen LogP contribution in [0.2, 0.25) is 0 Å². The van der Waals surface area contributed by atoms with Gasteiger partial charge in [0.2, 0.25) is 0 Å². The third-order valence-electron chi connectivity index (χ3n) is 7.22. The van der Waals surface area contributed by atoms with E-state index in [1.165, 1.54) is 49.7 Å². The Morgan fingerprint density at radius 1 is 1.10 bits per heavy atom. The lowest BCUT2D eigenvalue weighted by Gasteiger charge is -2.56. The van der Waals surface area contributed by atoms with Gasteiger partial charge in [-0.3, -0.25) is 4.79 Å². The van der Waals surface area contributed by atoms with Crippen LogP contribution in [0.4, 0.5) is 0 Å². The number of hydrogen-bond acceptors (Lipinski definition) is 3. The summed E-state index contributed by atoms with van der Waals surface area (Å²) < 4.78 is 7.52. The fraction of sp³-hybridized carbons (Fsp3) is 0.583. The van der Waals surface area contributed by atoms with Crippen LogP contribution in [0.1, 0.15) is 60.1 Å². The zero-order chi connectivity index (χ0) is 20.0. The summed E-state index contributed by atoms with van der Waals surface area (Å²) in [5.74, 6) is 3.47. The van der Waals surface area contributed by atoms with Crippen molar-refractivity contribution in [3.8, 4) is 5.75 Å². The molecule has 4 aliphatic rings. The third kappa shape index (κ3) is 3.92. The molecule has 0 atom stereocenters. The Kier molecular flexibility index (Phi) is 4.64. The zero-order valence-electron chi connectivity index (χ0n) is 17.5. The Labute approximate surface area is 172 Å². The van der Waals surface area contributed by atoms with Crippen molar-refractivity contribution in [2.45, 2.75) is 59.1 Å². The van der Waals surface area contributed by atoms with E-state index in [0.717, 1.165) is 30.0 Å². The Morgan fingerprint density at radius 3 is 2.34 bits per heavy atom. The van der Waals surface area contributed by atoms with Gasteiger partial charge < -0.3 is 10.1 Å². The first kappa shape index (κ1) is 18.7. The smallest absolute Gasteiger partial charge is 0.271 e. The standard InChI is InChI=1S/C24H31N3O2/c1-16-5-17(2)7-21(6-16)29-15-27-4-3-22(26-27)23(28)25-14-24-11-18-8-19(12-24)10-20(9-18)13-24/h3-7,18-20H,8-15H2,1-2H3,(H,25,28). The monoisotopic (exact) mass is 393 g/mol. The van der Waals surface area contributed by atoms with Gasteiger partial charge in [-0.25, -0.2) is 4.68 Å². The van der Waals surface area contributed by atoms with Crippen LogP contribution >= 0.6 is 0 Å². The summed E-state index contributed by atoms with van der Waals surface area (Å²) in [4.78, 5) is 12.7. The summed E-state index contributed by atoms with van der Waals surface area (Å²) in [6.07, 6.45) is 10.0. The van der Waals surface area contributed by atoms with Crippen molar-refractivity contribution >= 4 is 5.91 Å². The molecule has 4 saturated carbocycles. The molecule has 1 N–H and O–H groups in total. The molecule has 0 aliphatic heterocycles. The van der Waals surface area contributed by atoms with E-state index < -0.39 is 0 Å². The number of nitrogens with one attached hydrogen (secondary N) is 1. The molecular formula is C24H31N3O2. The second kappa shape index (κ2) is 7.19. The predicted octanol–water partition coefficient (Wildman–Crippen LogP) is 4.48. The fourth-order valence-corrected chi connectivity index (χ4v) is 6.58. The van der Waals surface area contributed by atoms with Crippen molar-refractivity contribution < 1.29 is 9.53 Å². The number of nitrogens with zero attached hydrogens (tertiary/aromatic N) is 2. The van der Waals surface area contributed by atoms with Gasteiger partial charge in [0.1, 0.15) is 11.4 Å². The van der Waals surface area contributed by atoms with Crippen LogP contribution in [-0.4, -0.2) is 22.2 Å².